The van der Waals surface area contributed by atoms with E-state index in [2.05, 4.69) is 13.8 Å². The van der Waals surface area contributed by atoms with E-state index in [4.69, 9.17) is 9.15 Å². The standard InChI is InChI=1S/C28H37NO5/c1-3-18-14-22-26(28(32)29(27(22)31)19-7-5-4-6-8-19)23-16-33-24(25(18)23)12-9-17(2)13-20-10-11-21(15-30)34-20/h10-11,13,19,22-24,26,30H,3-9,12,14-16H2,1-2H3/b17-13+/t22-,23+,24-,26-/m1/s1. The predicted octanol–water partition coefficient (Wildman–Crippen LogP) is 5.01. The van der Waals surface area contributed by atoms with Gasteiger partial charge < -0.3 is 14.3 Å². The summed E-state index contributed by atoms with van der Waals surface area (Å²) in [6.45, 7) is 4.69. The van der Waals surface area contributed by atoms with Gasteiger partial charge in [0.1, 0.15) is 18.1 Å². The van der Waals surface area contributed by atoms with E-state index in [1.807, 2.05) is 12.1 Å². The summed E-state index contributed by atoms with van der Waals surface area (Å²) in [7, 11) is 0. The van der Waals surface area contributed by atoms with Crippen LogP contribution in [0.4, 0.5) is 0 Å². The van der Waals surface area contributed by atoms with Crippen LogP contribution in [0.25, 0.3) is 6.08 Å². The molecule has 2 aliphatic carbocycles. The Morgan fingerprint density at radius 1 is 1.15 bits per heavy atom. The van der Waals surface area contributed by atoms with E-state index in [0.29, 0.717) is 18.8 Å². The van der Waals surface area contributed by atoms with Gasteiger partial charge in [-0.05, 0) is 69.2 Å². The minimum atomic E-state index is -0.235. The molecule has 0 bridgehead atoms. The van der Waals surface area contributed by atoms with Gasteiger partial charge in [-0.1, -0.05) is 37.3 Å². The number of fused-ring (bicyclic) bond motifs is 3. The third-order valence-electron chi connectivity index (χ3n) is 8.44. The van der Waals surface area contributed by atoms with Crippen LogP contribution in [0.15, 0.2) is 33.3 Å². The van der Waals surface area contributed by atoms with Crippen molar-refractivity contribution in [2.45, 2.75) is 90.4 Å². The second-order valence-corrected chi connectivity index (χ2v) is 10.5. The molecule has 0 aromatic carbocycles. The molecule has 2 aliphatic heterocycles. The van der Waals surface area contributed by atoms with Gasteiger partial charge in [-0.2, -0.15) is 0 Å². The van der Waals surface area contributed by atoms with Gasteiger partial charge in [0.2, 0.25) is 11.8 Å². The molecule has 6 nitrogen and oxygen atoms in total. The van der Waals surface area contributed by atoms with Gasteiger partial charge >= 0.3 is 0 Å². The van der Waals surface area contributed by atoms with Crippen molar-refractivity contribution >= 4 is 17.9 Å². The van der Waals surface area contributed by atoms with Gasteiger partial charge in [0.05, 0.1) is 24.5 Å². The second kappa shape index (κ2) is 9.82. The van der Waals surface area contributed by atoms with Crippen LogP contribution in [0, 0.1) is 17.8 Å². The number of nitrogens with zero attached hydrogens (tertiary/aromatic N) is 1. The first-order valence-electron chi connectivity index (χ1n) is 13.1. The molecule has 3 heterocycles. The highest BCUT2D eigenvalue weighted by molar-refractivity contribution is 6.06. The Morgan fingerprint density at radius 3 is 2.65 bits per heavy atom. The number of ether oxygens (including phenoxy) is 1. The Kier molecular flexibility index (Phi) is 6.81. The first kappa shape index (κ1) is 23.6. The van der Waals surface area contributed by atoms with E-state index in [0.717, 1.165) is 50.7 Å². The molecule has 2 saturated heterocycles. The minimum Gasteiger partial charge on any atom is -0.459 e. The summed E-state index contributed by atoms with van der Waals surface area (Å²) >= 11 is 0. The zero-order valence-electron chi connectivity index (χ0n) is 20.4. The lowest BCUT2D eigenvalue weighted by molar-refractivity contribution is -0.143. The minimum absolute atomic E-state index is 0.0143. The summed E-state index contributed by atoms with van der Waals surface area (Å²) < 4.78 is 11.9. The number of carbonyl (C=O) groups excluding carboxylic acids is 2. The number of rotatable bonds is 7. The normalized spacial score (nSPS) is 30.3. The van der Waals surface area contributed by atoms with Crippen LogP contribution >= 0.6 is 0 Å². The Morgan fingerprint density at radius 2 is 1.94 bits per heavy atom. The molecule has 1 N–H and O–H groups in total. The maximum absolute atomic E-state index is 13.6. The summed E-state index contributed by atoms with van der Waals surface area (Å²) in [5.74, 6) is 1.08. The van der Waals surface area contributed by atoms with Gasteiger partial charge in [-0.25, -0.2) is 0 Å². The van der Waals surface area contributed by atoms with Crippen LogP contribution in [0.2, 0.25) is 0 Å². The maximum Gasteiger partial charge on any atom is 0.234 e. The smallest absolute Gasteiger partial charge is 0.234 e. The highest BCUT2D eigenvalue weighted by atomic mass is 16.5. The molecule has 4 atom stereocenters. The zero-order chi connectivity index (χ0) is 23.8. The van der Waals surface area contributed by atoms with Crippen molar-refractivity contribution in [3.8, 4) is 0 Å². The average molecular weight is 468 g/mol. The number of hydrogen-bond acceptors (Lipinski definition) is 5. The first-order chi connectivity index (χ1) is 16.5. The molecule has 2 amide bonds. The molecular weight excluding hydrogens is 430 g/mol. The number of imide groups is 1. The maximum atomic E-state index is 13.6. The van der Waals surface area contributed by atoms with Gasteiger partial charge in [0.25, 0.3) is 0 Å². The van der Waals surface area contributed by atoms with Crippen molar-refractivity contribution in [2.24, 2.45) is 17.8 Å². The summed E-state index contributed by atoms with van der Waals surface area (Å²) in [6, 6.07) is 3.76. The van der Waals surface area contributed by atoms with Crippen LogP contribution in [-0.2, 0) is 20.9 Å². The molecule has 0 unspecified atom stereocenters. The largest absolute Gasteiger partial charge is 0.459 e. The highest BCUT2D eigenvalue weighted by Gasteiger charge is 2.57. The number of furan rings is 1. The van der Waals surface area contributed by atoms with Crippen LogP contribution in [0.1, 0.15) is 83.2 Å². The van der Waals surface area contributed by atoms with E-state index in [1.54, 1.807) is 11.0 Å². The number of hydrogen-bond donors (Lipinski definition) is 1. The third kappa shape index (κ3) is 4.20. The molecule has 184 valence electrons. The van der Waals surface area contributed by atoms with Gasteiger partial charge in [0, 0.05) is 12.0 Å². The molecule has 0 radical (unpaired) electrons. The Balaban J connectivity index is 1.31. The molecule has 0 spiro atoms. The number of aliphatic hydroxyl groups excluding tert-OH is 1. The summed E-state index contributed by atoms with van der Waals surface area (Å²) in [4.78, 5) is 28.7. The first-order valence-corrected chi connectivity index (χ1v) is 13.1. The molecule has 4 aliphatic rings. The fraction of sp³-hybridized carbons (Fsp3) is 0.643. The van der Waals surface area contributed by atoms with E-state index < -0.39 is 0 Å². The van der Waals surface area contributed by atoms with E-state index in [1.165, 1.54) is 23.1 Å². The fourth-order valence-electron chi connectivity index (χ4n) is 6.77. The molecule has 3 fully saturated rings. The monoisotopic (exact) mass is 467 g/mol. The third-order valence-corrected chi connectivity index (χ3v) is 8.44. The summed E-state index contributed by atoms with van der Waals surface area (Å²) in [6.07, 6.45) is 10.7. The van der Waals surface area contributed by atoms with Crippen molar-refractivity contribution in [1.82, 2.24) is 4.90 Å². The van der Waals surface area contributed by atoms with Crippen molar-refractivity contribution in [1.29, 1.82) is 0 Å². The molecule has 6 heteroatoms. The van der Waals surface area contributed by atoms with Gasteiger partial charge in [-0.3, -0.25) is 14.5 Å². The zero-order valence-corrected chi connectivity index (χ0v) is 20.4. The topological polar surface area (TPSA) is 80.0 Å². The number of aliphatic hydroxyl groups is 1. The lowest BCUT2D eigenvalue weighted by Gasteiger charge is -2.31. The quantitative estimate of drug-likeness (QED) is 0.450. The predicted molar refractivity (Wildman–Crippen MR) is 128 cm³/mol. The molecule has 5 rings (SSSR count). The SMILES string of the molecule is CCC1=C2[C@@H](CC/C(C)=C/c3ccc(CO)o3)OC[C@@H]2[C@@H]2C(=O)N(C3CCCCC3)C(=O)[C@@H]2C1. The number of likely N-dealkylation sites (tertiary alicyclic amines) is 1. The Labute approximate surface area is 202 Å². The molecule has 1 saturated carbocycles. The molecular formula is C28H37NO5. The summed E-state index contributed by atoms with van der Waals surface area (Å²) in [5, 5.41) is 9.20. The van der Waals surface area contributed by atoms with Crippen molar-refractivity contribution in [2.75, 3.05) is 6.61 Å². The van der Waals surface area contributed by atoms with Crippen LogP contribution in [-0.4, -0.2) is 40.6 Å². The van der Waals surface area contributed by atoms with E-state index in [9.17, 15) is 14.7 Å². The van der Waals surface area contributed by atoms with Crippen LogP contribution in [0.3, 0.4) is 0 Å². The van der Waals surface area contributed by atoms with Crippen LogP contribution in [0.5, 0.6) is 0 Å². The highest BCUT2D eigenvalue weighted by Crippen LogP contribution is 2.51. The van der Waals surface area contributed by atoms with Crippen molar-refractivity contribution in [3.63, 3.8) is 0 Å². The van der Waals surface area contributed by atoms with E-state index in [-0.39, 0.29) is 48.3 Å². The summed E-state index contributed by atoms with van der Waals surface area (Å²) in [5.41, 5.74) is 3.83. The fourth-order valence-corrected chi connectivity index (χ4v) is 6.77. The van der Waals surface area contributed by atoms with Gasteiger partial charge in [0.15, 0.2) is 0 Å². The molecule has 1 aromatic rings. The second-order valence-electron chi connectivity index (χ2n) is 10.5. The lowest BCUT2D eigenvalue weighted by atomic mass is 9.69. The number of carbonyl (C=O) groups is 2. The van der Waals surface area contributed by atoms with Crippen molar-refractivity contribution < 1.29 is 23.8 Å². The Hall–Kier alpha value is -2.18. The van der Waals surface area contributed by atoms with Crippen molar-refractivity contribution in [3.05, 3.63) is 40.4 Å². The van der Waals surface area contributed by atoms with Crippen LogP contribution < -0.4 is 0 Å². The lowest BCUT2D eigenvalue weighted by Crippen LogP contribution is -2.42. The van der Waals surface area contributed by atoms with E-state index >= 15 is 0 Å². The number of amides is 2. The van der Waals surface area contributed by atoms with Gasteiger partial charge in [-0.15, -0.1) is 0 Å². The number of allylic oxidation sites excluding steroid dienone is 2. The molecule has 1 aromatic heterocycles. The Bertz CT molecular complexity index is 998. The molecule has 34 heavy (non-hydrogen) atoms. The average Bonchev–Trinajstić information content (AvgIpc) is 3.54.